The van der Waals surface area contributed by atoms with E-state index in [9.17, 15) is 9.59 Å². The van der Waals surface area contributed by atoms with Crippen LogP contribution in [0.2, 0.25) is 0 Å². The van der Waals surface area contributed by atoms with Crippen molar-refractivity contribution < 1.29 is 19.1 Å². The van der Waals surface area contributed by atoms with Crippen molar-refractivity contribution in [3.8, 4) is 0 Å². The average molecular weight is 375 g/mol. The molecule has 0 spiro atoms. The van der Waals surface area contributed by atoms with Crippen LogP contribution in [0.5, 0.6) is 0 Å². The van der Waals surface area contributed by atoms with Crippen LogP contribution in [0.1, 0.15) is 12.0 Å². The van der Waals surface area contributed by atoms with E-state index in [0.29, 0.717) is 31.9 Å². The summed E-state index contributed by atoms with van der Waals surface area (Å²) in [6.07, 6.45) is 0.408. The molecule has 1 heterocycles. The van der Waals surface area contributed by atoms with Gasteiger partial charge in [-0.05, 0) is 17.7 Å². The molecule has 8 heteroatoms. The number of amides is 1. The normalized spacial score (nSPS) is 16.8. The number of anilines is 1. The van der Waals surface area contributed by atoms with Gasteiger partial charge >= 0.3 is 5.97 Å². The molecule has 1 atom stereocenters. The molecule has 1 fully saturated rings. The lowest BCUT2D eigenvalue weighted by Crippen LogP contribution is -2.48. The van der Waals surface area contributed by atoms with Gasteiger partial charge in [-0.3, -0.25) is 9.59 Å². The number of carbonyl (C=O) groups excluding carboxylic acids is 2. The van der Waals surface area contributed by atoms with Gasteiger partial charge < -0.3 is 20.1 Å². The minimum atomic E-state index is -0.304. The maximum atomic E-state index is 12.1. The summed E-state index contributed by atoms with van der Waals surface area (Å²) in [5.41, 5.74) is 1.87. The zero-order valence-electron chi connectivity index (χ0n) is 13.6. The second-order valence-corrected chi connectivity index (χ2v) is 6.26. The number of halogens is 1. The Balaban J connectivity index is 0.00000288. The Labute approximate surface area is 152 Å². The van der Waals surface area contributed by atoms with Gasteiger partial charge in [-0.1, -0.05) is 12.1 Å². The number of ether oxygens (including phenoxy) is 2. The standard InChI is InChI=1S/C16H22N2O4S.ClH/c1-21-15(19)5-8-23-11-12-3-2-4-13(9-12)18-16(20)14-10-22-7-6-17-14;/h2-4,9,14,17H,5-8,10-11H2,1H3,(H,18,20);1H. The van der Waals surface area contributed by atoms with E-state index in [1.807, 2.05) is 24.3 Å². The molecule has 0 aromatic heterocycles. The zero-order chi connectivity index (χ0) is 16.5. The molecule has 0 bridgehead atoms. The van der Waals surface area contributed by atoms with Crippen LogP contribution in [0.15, 0.2) is 24.3 Å². The Morgan fingerprint density at radius 3 is 3.00 bits per heavy atom. The molecule has 24 heavy (non-hydrogen) atoms. The third-order valence-corrected chi connectivity index (χ3v) is 4.41. The highest BCUT2D eigenvalue weighted by molar-refractivity contribution is 7.98. The first kappa shape index (κ1) is 20.8. The van der Waals surface area contributed by atoms with Crippen molar-refractivity contribution in [1.29, 1.82) is 0 Å². The van der Waals surface area contributed by atoms with E-state index in [1.54, 1.807) is 11.8 Å². The third kappa shape index (κ3) is 7.09. The number of hydrogen-bond acceptors (Lipinski definition) is 6. The van der Waals surface area contributed by atoms with Crippen molar-refractivity contribution >= 4 is 41.7 Å². The van der Waals surface area contributed by atoms with Crippen LogP contribution >= 0.6 is 24.2 Å². The summed E-state index contributed by atoms with van der Waals surface area (Å²) in [4.78, 5) is 23.2. The van der Waals surface area contributed by atoms with Crippen molar-refractivity contribution in [3.05, 3.63) is 29.8 Å². The number of benzene rings is 1. The number of morpholine rings is 1. The fraction of sp³-hybridized carbons (Fsp3) is 0.500. The second kappa shape index (κ2) is 11.3. The summed E-state index contributed by atoms with van der Waals surface area (Å²) in [5.74, 6) is 1.22. The molecule has 1 aliphatic heterocycles. The summed E-state index contributed by atoms with van der Waals surface area (Å²) in [5, 5.41) is 6.03. The van der Waals surface area contributed by atoms with E-state index in [2.05, 4.69) is 15.4 Å². The molecular weight excluding hydrogens is 352 g/mol. The quantitative estimate of drug-likeness (QED) is 0.560. The van der Waals surface area contributed by atoms with Gasteiger partial charge in [0, 0.05) is 23.7 Å². The Hall–Kier alpha value is -1.28. The molecular formula is C16H23ClN2O4S. The number of thioether (sulfide) groups is 1. The molecule has 6 nitrogen and oxygen atoms in total. The van der Waals surface area contributed by atoms with Crippen molar-refractivity contribution in [3.63, 3.8) is 0 Å². The molecule has 1 saturated heterocycles. The molecule has 1 unspecified atom stereocenters. The molecule has 0 radical (unpaired) electrons. The first-order valence-electron chi connectivity index (χ1n) is 7.54. The molecule has 0 saturated carbocycles. The van der Waals surface area contributed by atoms with Gasteiger partial charge in [-0.2, -0.15) is 11.8 Å². The van der Waals surface area contributed by atoms with E-state index in [1.165, 1.54) is 7.11 Å². The highest BCUT2D eigenvalue weighted by Gasteiger charge is 2.21. The van der Waals surface area contributed by atoms with E-state index >= 15 is 0 Å². The van der Waals surface area contributed by atoms with Gasteiger partial charge in [0.15, 0.2) is 0 Å². The molecule has 2 rings (SSSR count). The van der Waals surface area contributed by atoms with Crippen LogP contribution in [-0.2, 0) is 24.8 Å². The predicted octanol–water partition coefficient (Wildman–Crippen LogP) is 1.83. The highest BCUT2D eigenvalue weighted by atomic mass is 35.5. The lowest BCUT2D eigenvalue weighted by Gasteiger charge is -2.23. The third-order valence-electron chi connectivity index (χ3n) is 3.38. The Morgan fingerprint density at radius 2 is 2.29 bits per heavy atom. The van der Waals surface area contributed by atoms with Crippen molar-refractivity contribution in [2.75, 3.05) is 37.9 Å². The minimum absolute atomic E-state index is 0. The van der Waals surface area contributed by atoms with Crippen molar-refractivity contribution in [2.45, 2.75) is 18.2 Å². The minimum Gasteiger partial charge on any atom is -0.469 e. The average Bonchev–Trinajstić information content (AvgIpc) is 2.59. The maximum Gasteiger partial charge on any atom is 0.306 e. The first-order chi connectivity index (χ1) is 11.2. The molecule has 0 aliphatic carbocycles. The van der Waals surface area contributed by atoms with Gasteiger partial charge in [0.1, 0.15) is 6.04 Å². The highest BCUT2D eigenvalue weighted by Crippen LogP contribution is 2.17. The van der Waals surface area contributed by atoms with Gasteiger partial charge in [-0.25, -0.2) is 0 Å². The second-order valence-electron chi connectivity index (χ2n) is 5.15. The van der Waals surface area contributed by atoms with Crippen LogP contribution in [0.4, 0.5) is 5.69 Å². The van der Waals surface area contributed by atoms with Gasteiger partial charge in [-0.15, -0.1) is 12.4 Å². The number of rotatable bonds is 7. The largest absolute Gasteiger partial charge is 0.469 e. The first-order valence-corrected chi connectivity index (χ1v) is 8.70. The van der Waals surface area contributed by atoms with Crippen molar-refractivity contribution in [2.24, 2.45) is 0 Å². The number of esters is 1. The monoisotopic (exact) mass is 374 g/mol. The van der Waals surface area contributed by atoms with Gasteiger partial charge in [0.05, 0.1) is 26.7 Å². The lowest BCUT2D eigenvalue weighted by atomic mass is 10.2. The van der Waals surface area contributed by atoms with Crippen molar-refractivity contribution in [1.82, 2.24) is 5.32 Å². The van der Waals surface area contributed by atoms with E-state index in [0.717, 1.165) is 17.0 Å². The lowest BCUT2D eigenvalue weighted by molar-refractivity contribution is -0.140. The molecule has 1 aromatic carbocycles. The summed E-state index contributed by atoms with van der Waals surface area (Å²) >= 11 is 1.66. The summed E-state index contributed by atoms with van der Waals surface area (Å²) in [7, 11) is 1.39. The Bertz CT molecular complexity index is 539. The number of methoxy groups -OCH3 is 1. The zero-order valence-corrected chi connectivity index (χ0v) is 15.2. The number of carbonyl (C=O) groups is 2. The topological polar surface area (TPSA) is 76.7 Å². The molecule has 2 N–H and O–H groups in total. The smallest absolute Gasteiger partial charge is 0.306 e. The summed E-state index contributed by atoms with van der Waals surface area (Å²) < 4.78 is 9.90. The van der Waals surface area contributed by atoms with Gasteiger partial charge in [0.25, 0.3) is 0 Å². The van der Waals surface area contributed by atoms with Crippen LogP contribution < -0.4 is 10.6 Å². The summed E-state index contributed by atoms with van der Waals surface area (Å²) in [6, 6.07) is 7.43. The fourth-order valence-electron chi connectivity index (χ4n) is 2.15. The van der Waals surface area contributed by atoms with Crippen LogP contribution in [0, 0.1) is 0 Å². The van der Waals surface area contributed by atoms with Crippen LogP contribution in [0.3, 0.4) is 0 Å². The summed E-state index contributed by atoms with van der Waals surface area (Å²) in [6.45, 7) is 1.73. The fourth-order valence-corrected chi connectivity index (χ4v) is 3.02. The van der Waals surface area contributed by atoms with E-state index in [-0.39, 0.29) is 30.3 Å². The molecule has 1 aromatic rings. The Kier molecular flexibility index (Phi) is 9.78. The van der Waals surface area contributed by atoms with Crippen LogP contribution in [-0.4, -0.2) is 50.5 Å². The molecule has 1 aliphatic rings. The maximum absolute atomic E-state index is 12.1. The van der Waals surface area contributed by atoms with Gasteiger partial charge in [0.2, 0.25) is 5.91 Å². The van der Waals surface area contributed by atoms with E-state index in [4.69, 9.17) is 4.74 Å². The Morgan fingerprint density at radius 1 is 1.46 bits per heavy atom. The molecule has 134 valence electrons. The number of hydrogen-bond donors (Lipinski definition) is 2. The van der Waals surface area contributed by atoms with E-state index < -0.39 is 0 Å². The molecule has 1 amide bonds. The predicted molar refractivity (Wildman–Crippen MR) is 97.7 cm³/mol. The number of nitrogens with one attached hydrogen (secondary N) is 2. The SMILES string of the molecule is COC(=O)CCSCc1cccc(NC(=O)C2COCCN2)c1.Cl. The van der Waals surface area contributed by atoms with Crippen LogP contribution in [0.25, 0.3) is 0 Å².